The van der Waals surface area contributed by atoms with E-state index in [9.17, 15) is 4.79 Å². The molecule has 6 rings (SSSR count). The predicted molar refractivity (Wildman–Crippen MR) is 153 cm³/mol. The Hall–Kier alpha value is -4.71. The van der Waals surface area contributed by atoms with Gasteiger partial charge in [0.05, 0.1) is 31.6 Å². The molecule has 2 atom stereocenters. The van der Waals surface area contributed by atoms with Gasteiger partial charge in [0, 0.05) is 17.7 Å². The Kier molecular flexibility index (Phi) is 6.68. The lowest BCUT2D eigenvalue weighted by Gasteiger charge is -2.30. The van der Waals surface area contributed by atoms with Gasteiger partial charge in [0.15, 0.2) is 17.3 Å². The molecule has 6 heteroatoms. The highest BCUT2D eigenvalue weighted by atomic mass is 16.5. The lowest BCUT2D eigenvalue weighted by atomic mass is 9.78. The van der Waals surface area contributed by atoms with Crippen LogP contribution in [-0.4, -0.2) is 20.0 Å². The number of methoxy groups -OCH3 is 2. The minimum absolute atomic E-state index is 0.0159. The number of hydrogen-bond acceptors (Lipinski definition) is 6. The monoisotopic (exact) mass is 518 g/mol. The molecule has 0 fully saturated rings. The summed E-state index contributed by atoms with van der Waals surface area (Å²) in [4.78, 5) is 13.9. The van der Waals surface area contributed by atoms with Crippen LogP contribution in [0.1, 0.15) is 35.9 Å². The topological polar surface area (TPSA) is 68.8 Å². The molecule has 2 N–H and O–H groups in total. The van der Waals surface area contributed by atoms with Crippen LogP contribution in [-0.2, 0) is 4.79 Å². The van der Waals surface area contributed by atoms with Gasteiger partial charge in [-0.1, -0.05) is 48.5 Å². The lowest BCUT2D eigenvalue weighted by molar-refractivity contribution is -0.116. The summed E-state index contributed by atoms with van der Waals surface area (Å²) in [7, 11) is 3.25. The molecule has 1 aliphatic heterocycles. The molecule has 196 valence electrons. The van der Waals surface area contributed by atoms with Crippen LogP contribution in [0.3, 0.4) is 0 Å². The fourth-order valence-electron chi connectivity index (χ4n) is 5.47. The Morgan fingerprint density at radius 3 is 2.23 bits per heavy atom. The molecular formula is C33H30N2O4. The summed E-state index contributed by atoms with van der Waals surface area (Å²) in [5.74, 6) is 2.95. The number of allylic oxidation sites excluding steroid dienone is 1. The number of rotatable bonds is 6. The summed E-state index contributed by atoms with van der Waals surface area (Å²) in [6.07, 6.45) is 1.11. The molecule has 1 heterocycles. The van der Waals surface area contributed by atoms with E-state index in [0.29, 0.717) is 24.3 Å². The zero-order valence-electron chi connectivity index (χ0n) is 21.9. The highest BCUT2D eigenvalue weighted by Gasteiger charge is 2.36. The van der Waals surface area contributed by atoms with E-state index in [4.69, 9.17) is 14.2 Å². The highest BCUT2D eigenvalue weighted by Crippen LogP contribution is 2.45. The van der Waals surface area contributed by atoms with Crippen molar-refractivity contribution < 1.29 is 19.0 Å². The van der Waals surface area contributed by atoms with Gasteiger partial charge in [0.25, 0.3) is 0 Å². The first kappa shape index (κ1) is 24.6. The van der Waals surface area contributed by atoms with Crippen molar-refractivity contribution in [2.75, 3.05) is 24.9 Å². The largest absolute Gasteiger partial charge is 0.493 e. The highest BCUT2D eigenvalue weighted by molar-refractivity contribution is 6.01. The number of para-hydroxylation sites is 3. The number of anilines is 2. The molecule has 0 radical (unpaired) electrons. The zero-order chi connectivity index (χ0) is 26.8. The number of benzene rings is 4. The van der Waals surface area contributed by atoms with Gasteiger partial charge in [-0.05, 0) is 72.0 Å². The fourth-order valence-corrected chi connectivity index (χ4v) is 5.47. The van der Waals surface area contributed by atoms with Crippen molar-refractivity contribution >= 4 is 17.2 Å². The Balaban J connectivity index is 1.39. The fraction of sp³-hybridized carbons (Fsp3) is 0.182. The molecule has 0 unspecified atom stereocenters. The van der Waals surface area contributed by atoms with Crippen LogP contribution in [0.5, 0.6) is 23.0 Å². The third kappa shape index (κ3) is 4.93. The van der Waals surface area contributed by atoms with Crippen LogP contribution >= 0.6 is 0 Å². The second-order valence-corrected chi connectivity index (χ2v) is 9.77. The summed E-state index contributed by atoms with van der Waals surface area (Å²) in [6.45, 7) is 0. The molecule has 0 bridgehead atoms. The van der Waals surface area contributed by atoms with Gasteiger partial charge in [-0.15, -0.1) is 0 Å². The third-order valence-corrected chi connectivity index (χ3v) is 7.36. The van der Waals surface area contributed by atoms with Crippen LogP contribution in [0.25, 0.3) is 0 Å². The van der Waals surface area contributed by atoms with E-state index >= 15 is 0 Å². The van der Waals surface area contributed by atoms with E-state index < -0.39 is 0 Å². The van der Waals surface area contributed by atoms with E-state index in [2.05, 4.69) is 10.6 Å². The summed E-state index contributed by atoms with van der Waals surface area (Å²) < 4.78 is 17.1. The zero-order valence-corrected chi connectivity index (χ0v) is 21.9. The first-order valence-electron chi connectivity index (χ1n) is 13.1. The maximum Gasteiger partial charge on any atom is 0.163 e. The van der Waals surface area contributed by atoms with Crippen molar-refractivity contribution in [1.29, 1.82) is 0 Å². The number of carbonyl (C=O) groups is 1. The minimum Gasteiger partial charge on any atom is -0.493 e. The minimum atomic E-state index is -0.325. The van der Waals surface area contributed by atoms with E-state index in [0.717, 1.165) is 45.3 Å². The van der Waals surface area contributed by atoms with Crippen molar-refractivity contribution in [3.8, 4) is 23.0 Å². The average Bonchev–Trinajstić information content (AvgIpc) is 3.14. The third-order valence-electron chi connectivity index (χ3n) is 7.36. The van der Waals surface area contributed by atoms with Gasteiger partial charge in [-0.25, -0.2) is 0 Å². The van der Waals surface area contributed by atoms with Gasteiger partial charge in [0.1, 0.15) is 11.5 Å². The molecule has 0 spiro atoms. The summed E-state index contributed by atoms with van der Waals surface area (Å²) in [5.41, 5.74) is 5.61. The number of fused-ring (bicyclic) bond motifs is 1. The summed E-state index contributed by atoms with van der Waals surface area (Å²) >= 11 is 0. The molecule has 4 aromatic rings. The molecule has 2 aliphatic rings. The standard InChI is InChI=1S/C33H30N2O4/c1-37-30-16-15-21(20-31(30)38-2)23-18-28-32(29(36)19-23)33(35-27-14-7-6-13-26(27)34-28)22-9-8-12-25(17-22)39-24-10-4-3-5-11-24/h3-17,20,23,33-35H,18-19H2,1-2H3/t23-,33-/m1/s1. The van der Waals surface area contributed by atoms with Crippen molar-refractivity contribution in [3.63, 3.8) is 0 Å². The van der Waals surface area contributed by atoms with E-state index in [-0.39, 0.29) is 17.7 Å². The quantitative estimate of drug-likeness (QED) is 0.276. The van der Waals surface area contributed by atoms with Crippen LogP contribution in [0, 0.1) is 0 Å². The van der Waals surface area contributed by atoms with Crippen LogP contribution in [0.2, 0.25) is 0 Å². The van der Waals surface area contributed by atoms with E-state index in [1.54, 1.807) is 14.2 Å². The molecule has 39 heavy (non-hydrogen) atoms. The molecule has 6 nitrogen and oxygen atoms in total. The number of ether oxygens (including phenoxy) is 3. The average molecular weight is 519 g/mol. The summed E-state index contributed by atoms with van der Waals surface area (Å²) in [6, 6.07) is 31.3. The Morgan fingerprint density at radius 1 is 0.692 bits per heavy atom. The normalized spacial score (nSPS) is 18.2. The second-order valence-electron chi connectivity index (χ2n) is 9.77. The Morgan fingerprint density at radius 2 is 1.44 bits per heavy atom. The first-order chi connectivity index (χ1) is 19.1. The number of hydrogen-bond donors (Lipinski definition) is 2. The van der Waals surface area contributed by atoms with E-state index in [1.807, 2.05) is 97.1 Å². The van der Waals surface area contributed by atoms with Gasteiger partial charge < -0.3 is 24.8 Å². The second kappa shape index (κ2) is 10.6. The number of Topliss-reactive ketones (excluding diaryl/α,β-unsaturated/α-hetero) is 1. The van der Waals surface area contributed by atoms with Crippen LogP contribution in [0.4, 0.5) is 11.4 Å². The van der Waals surface area contributed by atoms with Crippen molar-refractivity contribution in [1.82, 2.24) is 0 Å². The number of ketones is 1. The maximum atomic E-state index is 13.9. The van der Waals surface area contributed by atoms with Crippen LogP contribution < -0.4 is 24.8 Å². The molecule has 4 aromatic carbocycles. The molecule has 0 aromatic heterocycles. The smallest absolute Gasteiger partial charge is 0.163 e. The van der Waals surface area contributed by atoms with Crippen molar-refractivity contribution in [3.05, 3.63) is 119 Å². The van der Waals surface area contributed by atoms with Gasteiger partial charge in [-0.3, -0.25) is 4.79 Å². The predicted octanol–water partition coefficient (Wildman–Crippen LogP) is 7.48. The molecule has 1 aliphatic carbocycles. The van der Waals surface area contributed by atoms with Gasteiger partial charge in [-0.2, -0.15) is 0 Å². The first-order valence-corrected chi connectivity index (χ1v) is 13.1. The SMILES string of the molecule is COc1ccc([C@H]2CC(=O)C3=C(C2)Nc2ccccc2N[C@@H]3c2cccc(Oc3ccccc3)c2)cc1OC. The van der Waals surface area contributed by atoms with Gasteiger partial charge >= 0.3 is 0 Å². The molecule has 0 amide bonds. The summed E-state index contributed by atoms with van der Waals surface area (Å²) in [5, 5.41) is 7.26. The molecular weight excluding hydrogens is 488 g/mol. The lowest BCUT2D eigenvalue weighted by Crippen LogP contribution is -2.26. The Labute approximate surface area is 228 Å². The number of nitrogens with one attached hydrogen (secondary N) is 2. The molecule has 0 saturated heterocycles. The van der Waals surface area contributed by atoms with E-state index in [1.165, 1.54) is 0 Å². The van der Waals surface area contributed by atoms with Crippen molar-refractivity contribution in [2.45, 2.75) is 24.8 Å². The number of carbonyl (C=O) groups excluding carboxylic acids is 1. The Bertz CT molecular complexity index is 1550. The molecule has 0 saturated carbocycles. The van der Waals surface area contributed by atoms with Crippen molar-refractivity contribution in [2.24, 2.45) is 0 Å². The maximum absolute atomic E-state index is 13.9. The van der Waals surface area contributed by atoms with Gasteiger partial charge in [0.2, 0.25) is 0 Å². The van der Waals surface area contributed by atoms with Crippen LogP contribution in [0.15, 0.2) is 108 Å².